The Morgan fingerprint density at radius 2 is 1.68 bits per heavy atom. The maximum atomic E-state index is 12.1. The first-order chi connectivity index (χ1) is 10.2. The predicted molar refractivity (Wildman–Crippen MR) is 91.7 cm³/mol. The second-order valence-electron chi connectivity index (χ2n) is 7.35. The van der Waals surface area contributed by atoms with E-state index in [1.54, 1.807) is 0 Å². The lowest BCUT2D eigenvalue weighted by molar-refractivity contribution is -0.450. The van der Waals surface area contributed by atoms with Gasteiger partial charge in [0.25, 0.3) is 0 Å². The number of aliphatic hydroxyl groups excluding tert-OH is 2. The van der Waals surface area contributed by atoms with Gasteiger partial charge in [-0.15, -0.1) is 0 Å². The molecule has 0 fully saturated rings. The van der Waals surface area contributed by atoms with Gasteiger partial charge >= 0.3 is 0 Å². The molecule has 0 saturated carbocycles. The molecule has 6 heteroatoms. The molecule has 22 heavy (non-hydrogen) atoms. The van der Waals surface area contributed by atoms with Crippen LogP contribution < -0.4 is 0 Å². The van der Waals surface area contributed by atoms with E-state index in [-0.39, 0.29) is 19.1 Å². The number of hydrogen-bond acceptors (Lipinski definition) is 4. The van der Waals surface area contributed by atoms with Crippen LogP contribution in [0.2, 0.25) is 16.6 Å². The SMILES string of the molecule is CC(C)[Si](O[C@H]1CC[N+]([O-])=C1C[C@@H](O)CO)(C(C)C)C(C)C. The van der Waals surface area contributed by atoms with Crippen molar-refractivity contribution in [3.8, 4) is 0 Å². The standard InChI is InChI=1S/C16H33NO4Si/c1-11(2)22(12(3)4,13(5)6)21-16-7-8-17(20)15(16)9-14(19)10-18/h11-14,16,18-19H,7-10H2,1-6H3/t14-,16+/m1/s1. The Kier molecular flexibility index (Phi) is 7.04. The molecular formula is C16H33NO4Si. The number of rotatable bonds is 8. The molecule has 0 aromatic rings. The summed E-state index contributed by atoms with van der Waals surface area (Å²) in [6.45, 7) is 13.4. The summed E-state index contributed by atoms with van der Waals surface area (Å²) in [7, 11) is -2.06. The van der Waals surface area contributed by atoms with Crippen LogP contribution in [0.25, 0.3) is 0 Å². The van der Waals surface area contributed by atoms with E-state index in [4.69, 9.17) is 9.53 Å². The average molecular weight is 332 g/mol. The van der Waals surface area contributed by atoms with Crippen LogP contribution in [0.1, 0.15) is 54.4 Å². The van der Waals surface area contributed by atoms with Crippen molar-refractivity contribution in [2.45, 2.75) is 83.2 Å². The lowest BCUT2D eigenvalue weighted by atomic mass is 10.1. The number of hydroxylamine groups is 1. The summed E-state index contributed by atoms with van der Waals surface area (Å²) in [5.74, 6) is 0. The monoisotopic (exact) mass is 331 g/mol. The predicted octanol–water partition coefficient (Wildman–Crippen LogP) is 2.65. The molecule has 0 aliphatic carbocycles. The van der Waals surface area contributed by atoms with Gasteiger partial charge in [-0.3, -0.25) is 0 Å². The van der Waals surface area contributed by atoms with Crippen molar-refractivity contribution in [3.63, 3.8) is 0 Å². The van der Waals surface area contributed by atoms with Crippen molar-refractivity contribution in [3.05, 3.63) is 5.21 Å². The van der Waals surface area contributed by atoms with Crippen LogP contribution in [0, 0.1) is 5.21 Å². The molecule has 130 valence electrons. The molecule has 1 aliphatic rings. The summed E-state index contributed by atoms with van der Waals surface area (Å²) in [6.07, 6.45) is -0.220. The average Bonchev–Trinajstić information content (AvgIpc) is 2.75. The Labute approximate surface area is 135 Å². The van der Waals surface area contributed by atoms with Crippen LogP contribution in [-0.4, -0.2) is 54.3 Å². The molecule has 1 aliphatic heterocycles. The third kappa shape index (κ3) is 3.90. The number of aliphatic hydroxyl groups is 2. The van der Waals surface area contributed by atoms with Crippen LogP contribution in [0.5, 0.6) is 0 Å². The Bertz CT molecular complexity index is 374. The highest BCUT2D eigenvalue weighted by Crippen LogP contribution is 2.43. The summed E-state index contributed by atoms with van der Waals surface area (Å²) in [4.78, 5) is 0. The minimum absolute atomic E-state index is 0.198. The van der Waals surface area contributed by atoms with E-state index in [0.29, 0.717) is 35.3 Å². The first kappa shape index (κ1) is 19.6. The molecule has 0 saturated heterocycles. The summed E-state index contributed by atoms with van der Waals surface area (Å²) < 4.78 is 7.63. The van der Waals surface area contributed by atoms with Gasteiger partial charge in [-0.25, -0.2) is 4.74 Å². The molecule has 1 rings (SSSR count). The molecule has 0 aromatic carbocycles. The zero-order valence-corrected chi connectivity index (χ0v) is 15.9. The molecule has 0 unspecified atom stereocenters. The summed E-state index contributed by atoms with van der Waals surface area (Å²) in [5.41, 5.74) is 1.96. The molecule has 0 aromatic heterocycles. The third-order valence-corrected chi connectivity index (χ3v) is 11.1. The minimum Gasteiger partial charge on any atom is -0.624 e. The fourth-order valence-electron chi connectivity index (χ4n) is 4.03. The highest BCUT2D eigenvalue weighted by Gasteiger charge is 2.49. The van der Waals surface area contributed by atoms with Crippen LogP contribution in [0.3, 0.4) is 0 Å². The van der Waals surface area contributed by atoms with Crippen LogP contribution in [-0.2, 0) is 4.43 Å². The quantitative estimate of drug-likeness (QED) is 0.407. The minimum atomic E-state index is -2.06. The Morgan fingerprint density at radius 3 is 2.09 bits per heavy atom. The Hall–Kier alpha value is -0.433. The van der Waals surface area contributed by atoms with Gasteiger partial charge in [0.15, 0.2) is 12.3 Å². The van der Waals surface area contributed by atoms with Crippen molar-refractivity contribution < 1.29 is 19.4 Å². The van der Waals surface area contributed by atoms with Crippen LogP contribution in [0.4, 0.5) is 0 Å². The van der Waals surface area contributed by atoms with Crippen molar-refractivity contribution >= 4 is 14.0 Å². The van der Waals surface area contributed by atoms with E-state index in [0.717, 1.165) is 4.74 Å². The summed E-state index contributed by atoms with van der Waals surface area (Å²) in [6, 6.07) is 0. The van der Waals surface area contributed by atoms with E-state index < -0.39 is 14.4 Å². The smallest absolute Gasteiger partial charge is 0.201 e. The van der Waals surface area contributed by atoms with E-state index in [1.165, 1.54) is 0 Å². The zero-order valence-electron chi connectivity index (χ0n) is 14.9. The fourth-order valence-corrected chi connectivity index (χ4v) is 9.59. The summed E-state index contributed by atoms with van der Waals surface area (Å²) in [5, 5.41) is 30.8. The molecule has 5 nitrogen and oxygen atoms in total. The van der Waals surface area contributed by atoms with Gasteiger partial charge in [-0.1, -0.05) is 41.5 Å². The number of hydrogen-bond donors (Lipinski definition) is 2. The Balaban J connectivity index is 3.03. The zero-order chi connectivity index (χ0) is 17.1. The lowest BCUT2D eigenvalue weighted by Crippen LogP contribution is -2.51. The molecule has 2 atom stereocenters. The molecule has 1 heterocycles. The largest absolute Gasteiger partial charge is 0.624 e. The molecule has 2 N–H and O–H groups in total. The molecular weight excluding hydrogens is 298 g/mol. The van der Waals surface area contributed by atoms with Crippen molar-refractivity contribution in [2.75, 3.05) is 13.2 Å². The highest BCUT2D eigenvalue weighted by atomic mass is 28.4. The molecule has 0 amide bonds. The van der Waals surface area contributed by atoms with Gasteiger partial charge in [0.1, 0.15) is 6.10 Å². The molecule has 0 radical (unpaired) electrons. The highest BCUT2D eigenvalue weighted by molar-refractivity contribution is 6.77. The van der Waals surface area contributed by atoms with Gasteiger partial charge in [0.2, 0.25) is 8.32 Å². The van der Waals surface area contributed by atoms with E-state index in [9.17, 15) is 10.3 Å². The lowest BCUT2D eigenvalue weighted by Gasteiger charge is -2.43. The first-order valence-electron chi connectivity index (χ1n) is 8.43. The normalized spacial score (nSPS) is 21.5. The molecule has 0 bridgehead atoms. The molecule has 0 spiro atoms. The van der Waals surface area contributed by atoms with E-state index >= 15 is 0 Å². The van der Waals surface area contributed by atoms with Crippen molar-refractivity contribution in [1.29, 1.82) is 0 Å². The number of nitrogens with zero attached hydrogens (tertiary/aromatic N) is 1. The maximum absolute atomic E-state index is 12.1. The topological polar surface area (TPSA) is 75.8 Å². The second-order valence-corrected chi connectivity index (χ2v) is 12.8. The van der Waals surface area contributed by atoms with Gasteiger partial charge in [0.05, 0.1) is 19.1 Å². The summed E-state index contributed by atoms with van der Waals surface area (Å²) >= 11 is 0. The van der Waals surface area contributed by atoms with Crippen LogP contribution >= 0.6 is 0 Å². The van der Waals surface area contributed by atoms with E-state index in [2.05, 4.69) is 41.5 Å². The van der Waals surface area contributed by atoms with E-state index in [1.807, 2.05) is 0 Å². The first-order valence-corrected chi connectivity index (χ1v) is 10.6. The van der Waals surface area contributed by atoms with Gasteiger partial charge in [0, 0.05) is 6.42 Å². The van der Waals surface area contributed by atoms with Gasteiger partial charge < -0.3 is 19.8 Å². The maximum Gasteiger partial charge on any atom is 0.201 e. The van der Waals surface area contributed by atoms with Gasteiger partial charge in [-0.2, -0.15) is 0 Å². The van der Waals surface area contributed by atoms with Crippen molar-refractivity contribution in [2.24, 2.45) is 0 Å². The second kappa shape index (κ2) is 7.90. The Morgan fingerprint density at radius 1 is 1.18 bits per heavy atom. The van der Waals surface area contributed by atoms with Gasteiger partial charge in [-0.05, 0) is 16.6 Å². The van der Waals surface area contributed by atoms with Crippen molar-refractivity contribution in [1.82, 2.24) is 0 Å². The van der Waals surface area contributed by atoms with Crippen LogP contribution in [0.15, 0.2) is 0 Å². The fraction of sp³-hybridized carbons (Fsp3) is 0.938. The third-order valence-electron chi connectivity index (χ3n) is 5.00.